The van der Waals surface area contributed by atoms with Crippen LogP contribution in [0.2, 0.25) is 0 Å². The van der Waals surface area contributed by atoms with Crippen molar-refractivity contribution in [2.24, 2.45) is 5.92 Å². The van der Waals surface area contributed by atoms with E-state index in [9.17, 15) is 4.79 Å². The first kappa shape index (κ1) is 16.8. The second-order valence-electron chi connectivity index (χ2n) is 6.03. The van der Waals surface area contributed by atoms with Crippen LogP contribution in [0.3, 0.4) is 0 Å². The topological polar surface area (TPSA) is 76.8 Å². The summed E-state index contributed by atoms with van der Waals surface area (Å²) < 4.78 is 3.69. The monoisotopic (exact) mass is 338 g/mol. The van der Waals surface area contributed by atoms with Crippen molar-refractivity contribution in [3.05, 3.63) is 66.7 Å². The normalized spacial score (nSPS) is 11.9. The highest BCUT2D eigenvalue weighted by Crippen LogP contribution is 2.16. The summed E-state index contributed by atoms with van der Waals surface area (Å²) >= 11 is 0. The number of benzene rings is 1. The molecule has 7 nitrogen and oxygen atoms in total. The van der Waals surface area contributed by atoms with E-state index >= 15 is 0 Å². The molecule has 2 aromatic heterocycles. The Hall–Kier alpha value is -3.09. The molecule has 0 saturated heterocycles. The van der Waals surface area contributed by atoms with E-state index < -0.39 is 0 Å². The molecule has 2 amide bonds. The third kappa shape index (κ3) is 4.94. The van der Waals surface area contributed by atoms with Crippen molar-refractivity contribution in [1.29, 1.82) is 0 Å². The van der Waals surface area contributed by atoms with Gasteiger partial charge in [0.15, 0.2) is 0 Å². The van der Waals surface area contributed by atoms with Gasteiger partial charge < -0.3 is 10.6 Å². The number of anilines is 1. The Morgan fingerprint density at radius 3 is 2.52 bits per heavy atom. The minimum Gasteiger partial charge on any atom is -0.338 e. The zero-order valence-corrected chi connectivity index (χ0v) is 14.2. The minimum atomic E-state index is -0.208. The molecule has 2 N–H and O–H groups in total. The van der Waals surface area contributed by atoms with E-state index in [-0.39, 0.29) is 11.9 Å². The van der Waals surface area contributed by atoms with Crippen molar-refractivity contribution in [3.63, 3.8) is 0 Å². The smallest absolute Gasteiger partial charge is 0.319 e. The Labute approximate surface area is 146 Å². The number of hydrogen-bond acceptors (Lipinski definition) is 3. The predicted molar refractivity (Wildman–Crippen MR) is 96.2 cm³/mol. The second kappa shape index (κ2) is 8.14. The maximum Gasteiger partial charge on any atom is 0.319 e. The molecule has 0 fully saturated rings. The summed E-state index contributed by atoms with van der Waals surface area (Å²) in [7, 11) is 0. The Bertz CT molecular complexity index is 782. The first-order chi connectivity index (χ1) is 12.2. The lowest BCUT2D eigenvalue weighted by Crippen LogP contribution is -2.33. The average Bonchev–Trinajstić information content (AvgIpc) is 3.29. The highest BCUT2D eigenvalue weighted by molar-refractivity contribution is 5.90. The molecule has 3 aromatic rings. The molecule has 2 heterocycles. The summed E-state index contributed by atoms with van der Waals surface area (Å²) in [5.74, 6) is 0.282. The second-order valence-corrected chi connectivity index (χ2v) is 6.03. The molecule has 0 aliphatic rings. The summed E-state index contributed by atoms with van der Waals surface area (Å²) in [5, 5.41) is 14.2. The Kier molecular flexibility index (Phi) is 5.46. The number of carbonyl (C=O) groups excluding carboxylic acids is 1. The number of aromatic nitrogens is 4. The van der Waals surface area contributed by atoms with Crippen LogP contribution in [-0.2, 0) is 13.1 Å². The summed E-state index contributed by atoms with van der Waals surface area (Å²) in [5.41, 5.74) is 1.79. The quantitative estimate of drug-likeness (QED) is 0.695. The van der Waals surface area contributed by atoms with Crippen LogP contribution in [0.4, 0.5) is 10.5 Å². The highest BCUT2D eigenvalue weighted by Gasteiger charge is 2.09. The first-order valence-corrected chi connectivity index (χ1v) is 8.28. The summed E-state index contributed by atoms with van der Waals surface area (Å²) in [6.07, 6.45) is 7.31. The van der Waals surface area contributed by atoms with Gasteiger partial charge in [0.2, 0.25) is 0 Å². The van der Waals surface area contributed by atoms with Gasteiger partial charge in [-0.1, -0.05) is 25.1 Å². The van der Waals surface area contributed by atoms with E-state index in [0.717, 1.165) is 17.8 Å². The number of urea groups is 1. The van der Waals surface area contributed by atoms with Crippen molar-refractivity contribution in [1.82, 2.24) is 24.9 Å². The molecule has 25 heavy (non-hydrogen) atoms. The molecule has 7 heteroatoms. The molecule has 0 aliphatic heterocycles. The van der Waals surface area contributed by atoms with E-state index in [4.69, 9.17) is 0 Å². The molecule has 3 rings (SSSR count). The molecule has 0 aliphatic carbocycles. The van der Waals surface area contributed by atoms with Gasteiger partial charge in [0, 0.05) is 43.6 Å². The maximum atomic E-state index is 12.2. The van der Waals surface area contributed by atoms with E-state index in [2.05, 4.69) is 27.8 Å². The fourth-order valence-corrected chi connectivity index (χ4v) is 2.57. The molecular weight excluding hydrogens is 316 g/mol. The van der Waals surface area contributed by atoms with Crippen LogP contribution in [-0.4, -0.2) is 32.1 Å². The van der Waals surface area contributed by atoms with Crippen LogP contribution in [0.25, 0.3) is 0 Å². The van der Waals surface area contributed by atoms with Gasteiger partial charge >= 0.3 is 6.03 Å². The van der Waals surface area contributed by atoms with Gasteiger partial charge in [0.25, 0.3) is 0 Å². The van der Waals surface area contributed by atoms with E-state index in [1.807, 2.05) is 58.2 Å². The number of nitrogens with one attached hydrogen (secondary N) is 2. The number of nitrogens with zero attached hydrogens (tertiary/aromatic N) is 4. The van der Waals surface area contributed by atoms with Gasteiger partial charge in [-0.05, 0) is 29.7 Å². The number of hydrogen-bond donors (Lipinski definition) is 2. The molecule has 0 saturated carbocycles. The standard InChI is InChI=1S/C18H22N6O/c1-15(13-23-10-4-8-20-23)12-19-18(25)22-17-7-3-2-6-16(17)14-24-11-5-9-21-24/h2-11,15H,12-14H2,1H3,(H2,19,22,25)/t15-/m0/s1. The zero-order valence-electron chi connectivity index (χ0n) is 14.2. The Balaban J connectivity index is 1.52. The number of rotatable bonds is 7. The lowest BCUT2D eigenvalue weighted by atomic mass is 10.1. The van der Waals surface area contributed by atoms with Crippen LogP contribution in [0.1, 0.15) is 12.5 Å². The Morgan fingerprint density at radius 1 is 1.08 bits per heavy atom. The van der Waals surface area contributed by atoms with Crippen molar-refractivity contribution >= 4 is 11.7 Å². The first-order valence-electron chi connectivity index (χ1n) is 8.28. The fourth-order valence-electron chi connectivity index (χ4n) is 2.57. The highest BCUT2D eigenvalue weighted by atomic mass is 16.2. The van der Waals surface area contributed by atoms with Gasteiger partial charge in [-0.3, -0.25) is 9.36 Å². The number of para-hydroxylation sites is 1. The number of carbonyl (C=O) groups is 1. The van der Waals surface area contributed by atoms with Crippen LogP contribution in [0.15, 0.2) is 61.2 Å². The van der Waals surface area contributed by atoms with Crippen LogP contribution in [0, 0.1) is 5.92 Å². The molecular formula is C18H22N6O. The van der Waals surface area contributed by atoms with Crippen LogP contribution < -0.4 is 10.6 Å². The van der Waals surface area contributed by atoms with Crippen molar-refractivity contribution in [2.75, 3.05) is 11.9 Å². The summed E-state index contributed by atoms with van der Waals surface area (Å²) in [4.78, 5) is 12.2. The van der Waals surface area contributed by atoms with Gasteiger partial charge in [0.05, 0.1) is 6.54 Å². The van der Waals surface area contributed by atoms with Gasteiger partial charge in [-0.25, -0.2) is 4.79 Å². The van der Waals surface area contributed by atoms with Crippen LogP contribution >= 0.6 is 0 Å². The minimum absolute atomic E-state index is 0.208. The zero-order chi connectivity index (χ0) is 17.5. The van der Waals surface area contributed by atoms with E-state index in [1.54, 1.807) is 12.4 Å². The largest absolute Gasteiger partial charge is 0.338 e. The predicted octanol–water partition coefficient (Wildman–Crippen LogP) is 2.59. The van der Waals surface area contributed by atoms with Gasteiger partial charge in [-0.2, -0.15) is 10.2 Å². The lowest BCUT2D eigenvalue weighted by molar-refractivity contribution is 0.249. The average molecular weight is 338 g/mol. The van der Waals surface area contributed by atoms with Crippen molar-refractivity contribution in [2.45, 2.75) is 20.0 Å². The van der Waals surface area contributed by atoms with Crippen LogP contribution in [0.5, 0.6) is 0 Å². The van der Waals surface area contributed by atoms with Crippen molar-refractivity contribution < 1.29 is 4.79 Å². The summed E-state index contributed by atoms with van der Waals surface area (Å²) in [6, 6.07) is 11.3. The molecule has 1 atom stereocenters. The van der Waals surface area contributed by atoms with Gasteiger partial charge in [0.1, 0.15) is 0 Å². The Morgan fingerprint density at radius 2 is 1.80 bits per heavy atom. The third-order valence-electron chi connectivity index (χ3n) is 3.83. The number of amides is 2. The van der Waals surface area contributed by atoms with Gasteiger partial charge in [-0.15, -0.1) is 0 Å². The molecule has 0 radical (unpaired) electrons. The maximum absolute atomic E-state index is 12.2. The lowest BCUT2D eigenvalue weighted by Gasteiger charge is -2.15. The SMILES string of the molecule is C[C@@H](CNC(=O)Nc1ccccc1Cn1cccn1)Cn1cccn1. The molecule has 0 spiro atoms. The molecule has 0 bridgehead atoms. The molecule has 0 unspecified atom stereocenters. The fraction of sp³-hybridized carbons (Fsp3) is 0.278. The third-order valence-corrected chi connectivity index (χ3v) is 3.83. The molecule has 130 valence electrons. The summed E-state index contributed by atoms with van der Waals surface area (Å²) in [6.45, 7) is 4.03. The van der Waals surface area contributed by atoms with E-state index in [1.165, 1.54) is 0 Å². The van der Waals surface area contributed by atoms with E-state index in [0.29, 0.717) is 13.1 Å². The van der Waals surface area contributed by atoms with Crippen molar-refractivity contribution in [3.8, 4) is 0 Å². The molecule has 1 aromatic carbocycles.